The van der Waals surface area contributed by atoms with Crippen LogP contribution in [0.5, 0.6) is 5.75 Å². The summed E-state index contributed by atoms with van der Waals surface area (Å²) < 4.78 is 18.6. The second kappa shape index (κ2) is 7.24. The van der Waals surface area contributed by atoms with Gasteiger partial charge in [-0.05, 0) is 37.4 Å². The first-order valence-corrected chi connectivity index (χ1v) is 6.99. The number of para-hydroxylation sites is 1. The van der Waals surface area contributed by atoms with Gasteiger partial charge in [0.25, 0.3) is 0 Å². The van der Waals surface area contributed by atoms with Gasteiger partial charge in [0.2, 0.25) is 0 Å². The fraction of sp³-hybridized carbons (Fsp3) is 0.533. The predicted octanol–water partition coefficient (Wildman–Crippen LogP) is 2.29. The van der Waals surface area contributed by atoms with Gasteiger partial charge >= 0.3 is 5.97 Å². The molecule has 0 saturated heterocycles. The summed E-state index contributed by atoms with van der Waals surface area (Å²) in [6, 6.07) is 6.29. The van der Waals surface area contributed by atoms with Crippen LogP contribution in [0.3, 0.4) is 0 Å². The van der Waals surface area contributed by atoms with Crippen LogP contribution in [0.15, 0.2) is 24.3 Å². The molecule has 1 aromatic rings. The molecule has 20 heavy (non-hydrogen) atoms. The van der Waals surface area contributed by atoms with Gasteiger partial charge in [0, 0.05) is 6.54 Å². The molecule has 0 aromatic heterocycles. The molecule has 0 heterocycles. The largest absolute Gasteiger partial charge is 0.489 e. The molecule has 1 aliphatic rings. The van der Waals surface area contributed by atoms with E-state index in [9.17, 15) is 9.18 Å². The highest BCUT2D eigenvalue weighted by Gasteiger charge is 2.32. The van der Waals surface area contributed by atoms with Crippen LogP contribution >= 0.6 is 0 Å². The molecule has 2 atom stereocenters. The summed E-state index contributed by atoms with van der Waals surface area (Å²) in [5.41, 5.74) is 0. The number of hydrogen-bond acceptors (Lipinski definition) is 3. The average Bonchev–Trinajstić information content (AvgIpc) is 2.89. The maximum Gasteiger partial charge on any atom is 0.306 e. The predicted molar refractivity (Wildman–Crippen MR) is 73.2 cm³/mol. The first kappa shape index (κ1) is 14.8. The average molecular weight is 281 g/mol. The van der Waals surface area contributed by atoms with Crippen molar-refractivity contribution < 1.29 is 19.0 Å². The van der Waals surface area contributed by atoms with Crippen molar-refractivity contribution in [3.05, 3.63) is 30.1 Å². The van der Waals surface area contributed by atoms with Crippen LogP contribution in [0, 0.1) is 17.7 Å². The van der Waals surface area contributed by atoms with Crippen molar-refractivity contribution in [2.45, 2.75) is 19.3 Å². The van der Waals surface area contributed by atoms with Crippen LogP contribution in [0.4, 0.5) is 4.39 Å². The molecule has 2 rings (SSSR count). The Hall–Kier alpha value is -1.62. The smallest absolute Gasteiger partial charge is 0.306 e. The number of carboxylic acids is 1. The van der Waals surface area contributed by atoms with Crippen LogP contribution < -0.4 is 10.1 Å². The van der Waals surface area contributed by atoms with Crippen molar-refractivity contribution in [1.82, 2.24) is 5.32 Å². The lowest BCUT2D eigenvalue weighted by Gasteiger charge is -2.16. The molecule has 1 aromatic carbocycles. The number of carboxylic acid groups (broad SMARTS) is 1. The molecule has 0 bridgehead atoms. The third kappa shape index (κ3) is 3.93. The number of nitrogens with one attached hydrogen (secondary N) is 1. The normalized spacial score (nSPS) is 21.9. The molecule has 5 heteroatoms. The van der Waals surface area contributed by atoms with Crippen LogP contribution in [0.2, 0.25) is 0 Å². The lowest BCUT2D eigenvalue weighted by atomic mass is 9.96. The molecule has 1 saturated carbocycles. The van der Waals surface area contributed by atoms with Crippen LogP contribution in [0.25, 0.3) is 0 Å². The maximum absolute atomic E-state index is 13.3. The number of halogens is 1. The Kier molecular flexibility index (Phi) is 5.35. The Bertz CT molecular complexity index is 452. The highest BCUT2D eigenvalue weighted by Crippen LogP contribution is 2.31. The SMILES string of the molecule is O=C(O)C1CCCC1CNCCOc1ccccc1F. The van der Waals surface area contributed by atoms with E-state index in [-0.39, 0.29) is 23.4 Å². The van der Waals surface area contributed by atoms with E-state index in [0.717, 1.165) is 19.3 Å². The highest BCUT2D eigenvalue weighted by atomic mass is 19.1. The number of hydrogen-bond donors (Lipinski definition) is 2. The molecule has 1 aliphatic carbocycles. The first-order valence-electron chi connectivity index (χ1n) is 6.99. The molecule has 2 unspecified atom stereocenters. The molecule has 1 fully saturated rings. The van der Waals surface area contributed by atoms with Crippen LogP contribution in [-0.4, -0.2) is 30.8 Å². The number of benzene rings is 1. The lowest BCUT2D eigenvalue weighted by molar-refractivity contribution is -0.142. The van der Waals surface area contributed by atoms with Gasteiger partial charge in [-0.1, -0.05) is 18.6 Å². The summed E-state index contributed by atoms with van der Waals surface area (Å²) in [6.07, 6.45) is 2.71. The summed E-state index contributed by atoms with van der Waals surface area (Å²) in [5.74, 6) is -0.847. The van der Waals surface area contributed by atoms with E-state index in [0.29, 0.717) is 19.7 Å². The van der Waals surface area contributed by atoms with Gasteiger partial charge in [-0.2, -0.15) is 0 Å². The number of carbonyl (C=O) groups is 1. The van der Waals surface area contributed by atoms with Crippen molar-refractivity contribution in [2.24, 2.45) is 11.8 Å². The van der Waals surface area contributed by atoms with Gasteiger partial charge < -0.3 is 15.2 Å². The Balaban J connectivity index is 1.65. The van der Waals surface area contributed by atoms with Crippen molar-refractivity contribution in [2.75, 3.05) is 19.7 Å². The van der Waals surface area contributed by atoms with E-state index >= 15 is 0 Å². The molecule has 2 N–H and O–H groups in total. The molecular formula is C15H20FNO3. The fourth-order valence-electron chi connectivity index (χ4n) is 2.69. The monoisotopic (exact) mass is 281 g/mol. The minimum Gasteiger partial charge on any atom is -0.489 e. The lowest BCUT2D eigenvalue weighted by Crippen LogP contribution is -2.31. The quantitative estimate of drug-likeness (QED) is 0.753. The second-order valence-corrected chi connectivity index (χ2v) is 5.12. The Morgan fingerprint density at radius 1 is 1.40 bits per heavy atom. The molecule has 0 radical (unpaired) electrons. The highest BCUT2D eigenvalue weighted by molar-refractivity contribution is 5.70. The van der Waals surface area contributed by atoms with Crippen LogP contribution in [0.1, 0.15) is 19.3 Å². The Labute approximate surface area is 117 Å². The zero-order chi connectivity index (χ0) is 14.4. The van der Waals surface area contributed by atoms with Crippen molar-refractivity contribution in [3.63, 3.8) is 0 Å². The van der Waals surface area contributed by atoms with Gasteiger partial charge in [0.1, 0.15) is 6.61 Å². The number of rotatable bonds is 7. The molecule has 4 nitrogen and oxygen atoms in total. The summed E-state index contributed by atoms with van der Waals surface area (Å²) in [6.45, 7) is 1.63. The standard InChI is InChI=1S/C15H20FNO3/c16-13-6-1-2-7-14(13)20-9-8-17-10-11-4-3-5-12(11)15(18)19/h1-2,6-7,11-12,17H,3-5,8-10H2,(H,18,19). The minimum absolute atomic E-state index is 0.195. The Morgan fingerprint density at radius 3 is 2.95 bits per heavy atom. The minimum atomic E-state index is -0.697. The van der Waals surface area contributed by atoms with Gasteiger partial charge in [-0.15, -0.1) is 0 Å². The van der Waals surface area contributed by atoms with E-state index in [1.807, 2.05) is 0 Å². The van der Waals surface area contributed by atoms with Gasteiger partial charge in [-0.25, -0.2) is 4.39 Å². The molecular weight excluding hydrogens is 261 g/mol. The van der Waals surface area contributed by atoms with Crippen molar-refractivity contribution in [1.29, 1.82) is 0 Å². The van der Waals surface area contributed by atoms with Crippen molar-refractivity contribution >= 4 is 5.97 Å². The molecule has 0 amide bonds. The number of aliphatic carboxylic acids is 1. The number of ether oxygens (including phenoxy) is 1. The third-order valence-corrected chi connectivity index (χ3v) is 3.76. The first-order chi connectivity index (χ1) is 9.68. The summed E-state index contributed by atoms with van der Waals surface area (Å²) >= 11 is 0. The molecule has 110 valence electrons. The fourth-order valence-corrected chi connectivity index (χ4v) is 2.69. The summed E-state index contributed by atoms with van der Waals surface area (Å²) in [4.78, 5) is 11.0. The van der Waals surface area contributed by atoms with Gasteiger partial charge in [0.05, 0.1) is 5.92 Å². The zero-order valence-electron chi connectivity index (χ0n) is 11.3. The zero-order valence-corrected chi connectivity index (χ0v) is 11.3. The summed E-state index contributed by atoms with van der Waals surface area (Å²) in [7, 11) is 0. The van der Waals surface area contributed by atoms with Crippen molar-refractivity contribution in [3.8, 4) is 5.75 Å². The van der Waals surface area contributed by atoms with Gasteiger partial charge in [0.15, 0.2) is 11.6 Å². The molecule has 0 spiro atoms. The van der Waals surface area contributed by atoms with Gasteiger partial charge in [-0.3, -0.25) is 4.79 Å². The maximum atomic E-state index is 13.3. The third-order valence-electron chi connectivity index (χ3n) is 3.76. The molecule has 0 aliphatic heterocycles. The topological polar surface area (TPSA) is 58.6 Å². The van der Waals surface area contributed by atoms with E-state index in [2.05, 4.69) is 5.32 Å². The van der Waals surface area contributed by atoms with E-state index in [1.54, 1.807) is 18.2 Å². The second-order valence-electron chi connectivity index (χ2n) is 5.12. The van der Waals surface area contributed by atoms with E-state index in [1.165, 1.54) is 6.07 Å². The Morgan fingerprint density at radius 2 is 2.20 bits per heavy atom. The van der Waals surface area contributed by atoms with E-state index < -0.39 is 5.97 Å². The summed E-state index contributed by atoms with van der Waals surface area (Å²) in [5, 5.41) is 12.3. The van der Waals surface area contributed by atoms with E-state index in [4.69, 9.17) is 9.84 Å². The van der Waals surface area contributed by atoms with Crippen LogP contribution in [-0.2, 0) is 4.79 Å².